The molecule has 0 unspecified atom stereocenters. The molecule has 5 aromatic rings. The zero-order valence-corrected chi connectivity index (χ0v) is 32.2. The maximum atomic E-state index is 14.0. The van der Waals surface area contributed by atoms with Gasteiger partial charge in [-0.15, -0.1) is 21.5 Å². The third kappa shape index (κ3) is 9.91. The van der Waals surface area contributed by atoms with Crippen LogP contribution in [0.3, 0.4) is 0 Å². The van der Waals surface area contributed by atoms with Crippen LogP contribution in [0.15, 0.2) is 76.8 Å². The third-order valence-electron chi connectivity index (χ3n) is 9.44. The zero-order valence-electron chi connectivity index (χ0n) is 31.3. The van der Waals surface area contributed by atoms with Gasteiger partial charge >= 0.3 is 0 Å². The number of β-amino-alcohol motifs (C(OH)–C–C–N with tert-alkyl or cyclic N) is 1. The first-order valence-corrected chi connectivity index (χ1v) is 19.2. The maximum absolute atomic E-state index is 14.0. The van der Waals surface area contributed by atoms with E-state index in [-0.39, 0.29) is 49.7 Å². The van der Waals surface area contributed by atoms with E-state index in [1.807, 2.05) is 56.6 Å². The molecule has 4 heterocycles. The van der Waals surface area contributed by atoms with E-state index in [4.69, 9.17) is 14.0 Å². The zero-order chi connectivity index (χ0) is 38.9. The fourth-order valence-corrected chi connectivity index (χ4v) is 7.43. The van der Waals surface area contributed by atoms with Crippen LogP contribution in [0.4, 0.5) is 5.82 Å². The normalized spacial score (nSPS) is 16.7. The summed E-state index contributed by atoms with van der Waals surface area (Å²) in [4.78, 5) is 34.8. The van der Waals surface area contributed by atoms with Crippen LogP contribution in [0.25, 0.3) is 21.7 Å². The number of ether oxygens (including phenoxy) is 2. The molecule has 4 atom stereocenters. The van der Waals surface area contributed by atoms with Gasteiger partial charge in [0, 0.05) is 31.1 Å². The number of para-hydroxylation sites is 1. The number of aromatic nitrogens is 4. The SMILES string of the molecule is Cc1cc([C@H](C(=O)N2C[C@H](O)C[C@H]2C(=O)N[C@@H](COCCOCCNc2ccc(-c3ccccc3O)nn2)c2ccc(-c3scnc3C)cc2)C(C)C)on1. The number of aromatic hydroxyl groups is 1. The molecule has 15 heteroatoms. The Hall–Kier alpha value is -5.22. The number of benzene rings is 2. The predicted molar refractivity (Wildman–Crippen MR) is 207 cm³/mol. The van der Waals surface area contributed by atoms with Gasteiger partial charge in [-0.25, -0.2) is 4.98 Å². The highest BCUT2D eigenvalue weighted by molar-refractivity contribution is 7.13. The predicted octanol–water partition coefficient (Wildman–Crippen LogP) is 5.28. The Morgan fingerprint density at radius 3 is 2.47 bits per heavy atom. The number of amides is 2. The first-order valence-electron chi connectivity index (χ1n) is 18.3. The van der Waals surface area contributed by atoms with Gasteiger partial charge in [0.1, 0.15) is 29.3 Å². The molecule has 2 aromatic carbocycles. The van der Waals surface area contributed by atoms with Gasteiger partial charge in [0.05, 0.1) is 66.0 Å². The molecule has 0 radical (unpaired) electrons. The number of phenols is 1. The second-order valence-corrected chi connectivity index (χ2v) is 14.7. The maximum Gasteiger partial charge on any atom is 0.243 e. The van der Waals surface area contributed by atoms with Gasteiger partial charge in [0.15, 0.2) is 0 Å². The number of nitrogens with zero attached hydrogens (tertiary/aromatic N) is 5. The number of rotatable bonds is 17. The average Bonchev–Trinajstić information content (AvgIpc) is 3.92. The summed E-state index contributed by atoms with van der Waals surface area (Å²) in [6, 6.07) is 18.8. The monoisotopic (exact) mass is 769 g/mol. The number of phenolic OH excluding ortho intramolecular Hbond substituents is 1. The third-order valence-corrected chi connectivity index (χ3v) is 10.4. The Kier molecular flexibility index (Phi) is 13.2. The molecule has 1 saturated heterocycles. The number of carbonyl (C=O) groups is 2. The topological polar surface area (TPSA) is 185 Å². The standard InChI is InChI=1S/C40H47N7O7S/c1-24(2)37(35-19-25(3)46-54-35)40(51)47-21-29(48)20-33(47)39(50)43-32(27-9-11-28(12-10-27)38-26(4)42-23-55-38)22-53-18-17-52-16-15-41-36-14-13-31(44-45-36)30-7-5-6-8-34(30)49/h5-14,19,23-24,29,32-33,37,48-49H,15-18,20-22H2,1-4H3,(H,41,45)(H,43,50)/t29-,32+,33+,37-/m1/s1. The van der Waals surface area contributed by atoms with Gasteiger partial charge in [-0.1, -0.05) is 55.4 Å². The minimum Gasteiger partial charge on any atom is -0.507 e. The number of hydrogen-bond acceptors (Lipinski definition) is 13. The average molecular weight is 770 g/mol. The Bertz CT molecular complexity index is 2020. The van der Waals surface area contributed by atoms with Crippen LogP contribution in [0.2, 0.25) is 0 Å². The van der Waals surface area contributed by atoms with Crippen molar-refractivity contribution in [1.82, 2.24) is 30.6 Å². The highest BCUT2D eigenvalue weighted by atomic mass is 32.1. The van der Waals surface area contributed by atoms with E-state index in [0.717, 1.165) is 21.7 Å². The van der Waals surface area contributed by atoms with Gasteiger partial charge in [-0.2, -0.15) is 0 Å². The highest BCUT2D eigenvalue weighted by Crippen LogP contribution is 2.32. The van der Waals surface area contributed by atoms with Crippen LogP contribution in [0, 0.1) is 19.8 Å². The minimum absolute atomic E-state index is 0.0413. The van der Waals surface area contributed by atoms with Crippen LogP contribution in [0.5, 0.6) is 5.75 Å². The number of hydrogen-bond donors (Lipinski definition) is 4. The second kappa shape index (κ2) is 18.4. The lowest BCUT2D eigenvalue weighted by atomic mass is 9.91. The molecular formula is C40H47N7O7S. The summed E-state index contributed by atoms with van der Waals surface area (Å²) in [6.45, 7) is 9.26. The van der Waals surface area contributed by atoms with Crippen LogP contribution in [0.1, 0.15) is 54.9 Å². The van der Waals surface area contributed by atoms with Crippen LogP contribution in [-0.4, -0.2) is 98.9 Å². The smallest absolute Gasteiger partial charge is 0.243 e. The number of aryl methyl sites for hydroxylation is 2. The van der Waals surface area contributed by atoms with Crippen LogP contribution >= 0.6 is 11.3 Å². The number of carbonyl (C=O) groups excluding carboxylic acids is 2. The fourth-order valence-electron chi connectivity index (χ4n) is 6.62. The number of nitrogens with one attached hydrogen (secondary N) is 2. The Morgan fingerprint density at radius 1 is 1.02 bits per heavy atom. The Morgan fingerprint density at radius 2 is 1.80 bits per heavy atom. The molecule has 14 nitrogen and oxygen atoms in total. The van der Waals surface area contributed by atoms with Gasteiger partial charge in [-0.05, 0) is 55.2 Å². The van der Waals surface area contributed by atoms with Crippen molar-refractivity contribution >= 4 is 29.0 Å². The van der Waals surface area contributed by atoms with Crippen molar-refractivity contribution in [1.29, 1.82) is 0 Å². The lowest BCUT2D eigenvalue weighted by Gasteiger charge is -2.30. The van der Waals surface area contributed by atoms with Gasteiger partial charge in [0.25, 0.3) is 0 Å². The first-order chi connectivity index (χ1) is 26.6. The van der Waals surface area contributed by atoms with Crippen LogP contribution < -0.4 is 10.6 Å². The van der Waals surface area contributed by atoms with Crippen molar-refractivity contribution in [3.63, 3.8) is 0 Å². The first kappa shape index (κ1) is 39.5. The van der Waals surface area contributed by atoms with Crippen molar-refractivity contribution in [3.05, 3.63) is 95.0 Å². The molecule has 4 N–H and O–H groups in total. The quantitative estimate of drug-likeness (QED) is 0.0899. The lowest BCUT2D eigenvalue weighted by Crippen LogP contribution is -2.49. The second-order valence-electron chi connectivity index (χ2n) is 13.9. The van der Waals surface area contributed by atoms with E-state index in [1.54, 1.807) is 54.7 Å². The molecular weight excluding hydrogens is 723 g/mol. The number of likely N-dealkylation sites (tertiary alicyclic amines) is 1. The molecule has 0 spiro atoms. The van der Waals surface area contributed by atoms with Crippen molar-refractivity contribution in [2.45, 2.75) is 58.2 Å². The molecule has 1 aliphatic rings. The Balaban J connectivity index is 1.05. The highest BCUT2D eigenvalue weighted by Gasteiger charge is 2.43. The molecule has 0 saturated carbocycles. The van der Waals surface area contributed by atoms with Gasteiger partial charge in [0.2, 0.25) is 11.8 Å². The molecule has 3 aromatic heterocycles. The van der Waals surface area contributed by atoms with E-state index in [9.17, 15) is 19.8 Å². The Labute approximate surface area is 323 Å². The molecule has 6 rings (SSSR count). The largest absolute Gasteiger partial charge is 0.507 e. The van der Waals surface area contributed by atoms with E-state index >= 15 is 0 Å². The molecule has 0 aliphatic carbocycles. The summed E-state index contributed by atoms with van der Waals surface area (Å²) in [5.74, 6) is -0.286. The summed E-state index contributed by atoms with van der Waals surface area (Å²) in [5.41, 5.74) is 6.45. The van der Waals surface area contributed by atoms with Gasteiger partial charge < -0.3 is 39.7 Å². The number of thiazole rings is 1. The molecule has 1 aliphatic heterocycles. The summed E-state index contributed by atoms with van der Waals surface area (Å²) in [6.07, 6.45) is -0.731. The molecule has 290 valence electrons. The summed E-state index contributed by atoms with van der Waals surface area (Å²) in [7, 11) is 0. The molecule has 55 heavy (non-hydrogen) atoms. The van der Waals surface area contributed by atoms with Gasteiger partial charge in [-0.3, -0.25) is 9.59 Å². The van der Waals surface area contributed by atoms with E-state index in [2.05, 4.69) is 31.0 Å². The van der Waals surface area contributed by atoms with Crippen molar-refractivity contribution in [2.75, 3.05) is 44.8 Å². The number of anilines is 1. The summed E-state index contributed by atoms with van der Waals surface area (Å²) in [5, 5.41) is 39.4. The number of aliphatic hydroxyl groups is 1. The summed E-state index contributed by atoms with van der Waals surface area (Å²) < 4.78 is 17.3. The van der Waals surface area contributed by atoms with E-state index in [0.29, 0.717) is 48.3 Å². The van der Waals surface area contributed by atoms with Crippen molar-refractivity contribution < 1.29 is 33.8 Å². The lowest BCUT2D eigenvalue weighted by molar-refractivity contribution is -0.141. The molecule has 1 fully saturated rings. The van der Waals surface area contributed by atoms with E-state index < -0.39 is 24.1 Å². The number of aliphatic hydroxyl groups excluding tert-OH is 1. The summed E-state index contributed by atoms with van der Waals surface area (Å²) >= 11 is 1.56. The molecule has 0 bridgehead atoms. The molecule has 2 amide bonds. The van der Waals surface area contributed by atoms with Crippen molar-refractivity contribution in [3.8, 4) is 27.4 Å². The van der Waals surface area contributed by atoms with Crippen LogP contribution in [-0.2, 0) is 19.1 Å². The van der Waals surface area contributed by atoms with Crippen molar-refractivity contribution in [2.24, 2.45) is 5.92 Å². The fraction of sp³-hybridized carbons (Fsp3) is 0.400. The van der Waals surface area contributed by atoms with E-state index in [1.165, 1.54) is 4.90 Å². The minimum atomic E-state index is -0.878.